The molecule has 2 rings (SSSR count). The van der Waals surface area contributed by atoms with Crippen LogP contribution in [0.25, 0.3) is 0 Å². The molecule has 7 heteroatoms. The Balaban J connectivity index is 1.90. The Labute approximate surface area is 169 Å². The van der Waals surface area contributed by atoms with E-state index in [0.717, 1.165) is 21.3 Å². The molecule has 0 saturated carbocycles. The van der Waals surface area contributed by atoms with Crippen LogP contribution in [0.1, 0.15) is 25.8 Å². The molecule has 0 saturated heterocycles. The van der Waals surface area contributed by atoms with Crippen LogP contribution in [-0.4, -0.2) is 28.2 Å². The average Bonchev–Trinajstić information content (AvgIpc) is 2.58. The van der Waals surface area contributed by atoms with Gasteiger partial charge in [-0.15, -0.1) is 0 Å². The largest absolute Gasteiger partial charge is 0.496 e. The van der Waals surface area contributed by atoms with Crippen molar-refractivity contribution >= 4 is 32.6 Å². The molecule has 0 aliphatic rings. The topological polar surface area (TPSA) is 64.6 Å². The molecule has 1 N–H and O–H groups in total. The van der Waals surface area contributed by atoms with E-state index in [4.69, 9.17) is 9.47 Å². The van der Waals surface area contributed by atoms with Gasteiger partial charge >= 0.3 is 0 Å². The van der Waals surface area contributed by atoms with Gasteiger partial charge in [-0.3, -0.25) is 0 Å². The van der Waals surface area contributed by atoms with Crippen molar-refractivity contribution < 1.29 is 17.9 Å². The highest BCUT2D eigenvalue weighted by Crippen LogP contribution is 2.23. The number of ether oxygens (including phenoxy) is 2. The fourth-order valence-electron chi connectivity index (χ4n) is 2.44. The van der Waals surface area contributed by atoms with Crippen LogP contribution in [0.5, 0.6) is 11.5 Å². The van der Waals surface area contributed by atoms with Gasteiger partial charge in [0.15, 0.2) is 0 Å². The zero-order valence-electron chi connectivity index (χ0n) is 15.2. The van der Waals surface area contributed by atoms with Gasteiger partial charge in [-0.2, -0.15) is 0 Å². The number of rotatable bonds is 9. The van der Waals surface area contributed by atoms with Gasteiger partial charge < -0.3 is 9.47 Å². The number of hydrogen-bond donors (Lipinski definition) is 1. The predicted molar refractivity (Wildman–Crippen MR) is 111 cm³/mol. The molecule has 0 aliphatic heterocycles. The van der Waals surface area contributed by atoms with E-state index >= 15 is 0 Å². The molecular weight excluding hydrogens is 465 g/mol. The second-order valence-corrected chi connectivity index (χ2v) is 9.04. The maximum Gasteiger partial charge on any atom is 0.240 e. The molecule has 0 atom stereocenters. The highest BCUT2D eigenvalue weighted by Gasteiger charge is 2.15. The lowest BCUT2D eigenvalue weighted by molar-refractivity contribution is 0.242. The van der Waals surface area contributed by atoms with Crippen LogP contribution in [0.4, 0.5) is 0 Å². The lowest BCUT2D eigenvalue weighted by Gasteiger charge is -2.11. The van der Waals surface area contributed by atoms with Crippen LogP contribution in [0, 0.1) is 3.57 Å². The Morgan fingerprint density at radius 2 is 1.92 bits per heavy atom. The summed E-state index contributed by atoms with van der Waals surface area (Å²) in [5.41, 5.74) is 1.13. The maximum atomic E-state index is 12.4. The quantitative estimate of drug-likeness (QED) is 0.428. The summed E-state index contributed by atoms with van der Waals surface area (Å²) < 4.78 is 39.0. The first-order chi connectivity index (χ1) is 12.3. The molecule has 5 nitrogen and oxygen atoms in total. The van der Waals surface area contributed by atoms with E-state index in [0.29, 0.717) is 18.7 Å². The molecule has 0 heterocycles. The highest BCUT2D eigenvalue weighted by atomic mass is 127. The molecule has 0 aromatic heterocycles. The van der Waals surface area contributed by atoms with Crippen molar-refractivity contribution in [1.82, 2.24) is 4.72 Å². The summed E-state index contributed by atoms with van der Waals surface area (Å²) in [6.45, 7) is 4.35. The van der Waals surface area contributed by atoms with E-state index in [-0.39, 0.29) is 11.0 Å². The van der Waals surface area contributed by atoms with Gasteiger partial charge in [-0.05, 0) is 85.2 Å². The Hall–Kier alpha value is -1.32. The van der Waals surface area contributed by atoms with E-state index in [1.807, 2.05) is 38.1 Å². The highest BCUT2D eigenvalue weighted by molar-refractivity contribution is 14.1. The van der Waals surface area contributed by atoms with E-state index in [2.05, 4.69) is 27.3 Å². The summed E-state index contributed by atoms with van der Waals surface area (Å²) in [7, 11) is -1.96. The molecule has 2 aromatic rings. The number of aryl methyl sites for hydroxylation is 1. The van der Waals surface area contributed by atoms with E-state index < -0.39 is 10.0 Å². The monoisotopic (exact) mass is 489 g/mol. The summed E-state index contributed by atoms with van der Waals surface area (Å²) in [6.07, 6.45) is 1.61. The van der Waals surface area contributed by atoms with Gasteiger partial charge in [0.2, 0.25) is 10.0 Å². The Morgan fingerprint density at radius 1 is 1.15 bits per heavy atom. The zero-order chi connectivity index (χ0) is 19.2. The molecule has 0 amide bonds. The molecule has 0 unspecified atom stereocenters. The van der Waals surface area contributed by atoms with Crippen molar-refractivity contribution in [3.63, 3.8) is 0 Å². The van der Waals surface area contributed by atoms with Crippen molar-refractivity contribution in [3.8, 4) is 11.5 Å². The Morgan fingerprint density at radius 3 is 2.58 bits per heavy atom. The summed E-state index contributed by atoms with van der Waals surface area (Å²) >= 11 is 2.06. The molecule has 0 bridgehead atoms. The summed E-state index contributed by atoms with van der Waals surface area (Å²) in [6, 6.07) is 12.7. The number of nitrogens with one attached hydrogen (secondary N) is 1. The maximum absolute atomic E-state index is 12.4. The van der Waals surface area contributed by atoms with Gasteiger partial charge in [0.05, 0.1) is 21.7 Å². The summed E-state index contributed by atoms with van der Waals surface area (Å²) in [4.78, 5) is 0.245. The number of sulfonamides is 1. The molecule has 0 spiro atoms. The normalized spacial score (nSPS) is 11.6. The second kappa shape index (κ2) is 9.57. The van der Waals surface area contributed by atoms with E-state index in [1.165, 1.54) is 0 Å². The number of hydrogen-bond acceptors (Lipinski definition) is 4. The van der Waals surface area contributed by atoms with Crippen LogP contribution in [-0.2, 0) is 16.4 Å². The lowest BCUT2D eigenvalue weighted by atomic mass is 10.1. The third-order valence-corrected chi connectivity index (χ3v) is 5.94. The van der Waals surface area contributed by atoms with E-state index in [1.54, 1.807) is 25.3 Å². The third-order valence-electron chi connectivity index (χ3n) is 3.64. The fourth-order valence-corrected chi connectivity index (χ4v) is 4.49. The number of methoxy groups -OCH3 is 1. The molecular formula is C19H24INO4S. The number of benzene rings is 2. The molecule has 0 fully saturated rings. The van der Waals surface area contributed by atoms with Crippen molar-refractivity contribution in [3.05, 3.63) is 51.6 Å². The molecule has 142 valence electrons. The Kier molecular flexibility index (Phi) is 7.72. The third kappa shape index (κ3) is 6.14. The molecule has 0 radical (unpaired) electrons. The van der Waals surface area contributed by atoms with Crippen LogP contribution in [0.15, 0.2) is 47.4 Å². The lowest BCUT2D eigenvalue weighted by Crippen LogP contribution is -2.25. The molecule has 26 heavy (non-hydrogen) atoms. The minimum absolute atomic E-state index is 0.129. The molecule has 0 aliphatic carbocycles. The van der Waals surface area contributed by atoms with Crippen molar-refractivity contribution in [1.29, 1.82) is 0 Å². The van der Waals surface area contributed by atoms with Crippen LogP contribution >= 0.6 is 22.6 Å². The van der Waals surface area contributed by atoms with Crippen LogP contribution < -0.4 is 14.2 Å². The minimum Gasteiger partial charge on any atom is -0.496 e. The molecule has 2 aromatic carbocycles. The fraction of sp³-hybridized carbons (Fsp3) is 0.368. The van der Waals surface area contributed by atoms with Gasteiger partial charge in [0.25, 0.3) is 0 Å². The number of halogens is 1. The standard InChI is InChI=1S/C19H24INO4S/c1-14(2)25-16-8-4-6-15(12-16)7-5-11-21-26(22,23)17-9-10-19(24-3)18(20)13-17/h4,6,8-10,12-14,21H,5,7,11H2,1-3H3. The first kappa shape index (κ1) is 21.0. The average molecular weight is 489 g/mol. The van der Waals surface area contributed by atoms with Crippen LogP contribution in [0.2, 0.25) is 0 Å². The van der Waals surface area contributed by atoms with Crippen molar-refractivity contribution in [2.24, 2.45) is 0 Å². The first-order valence-corrected chi connectivity index (χ1v) is 11.0. The first-order valence-electron chi connectivity index (χ1n) is 8.40. The Bertz CT molecular complexity index is 837. The van der Waals surface area contributed by atoms with Gasteiger partial charge in [0, 0.05) is 6.54 Å². The smallest absolute Gasteiger partial charge is 0.240 e. The van der Waals surface area contributed by atoms with E-state index in [9.17, 15) is 8.42 Å². The summed E-state index contributed by atoms with van der Waals surface area (Å²) in [5, 5.41) is 0. The van der Waals surface area contributed by atoms with Crippen molar-refractivity contribution in [2.75, 3.05) is 13.7 Å². The van der Waals surface area contributed by atoms with Crippen molar-refractivity contribution in [2.45, 2.75) is 37.7 Å². The van der Waals surface area contributed by atoms with Gasteiger partial charge in [-0.25, -0.2) is 13.1 Å². The van der Waals surface area contributed by atoms with Crippen LogP contribution in [0.3, 0.4) is 0 Å². The predicted octanol–water partition coefficient (Wildman–Crippen LogP) is 4.00. The summed E-state index contributed by atoms with van der Waals surface area (Å²) in [5.74, 6) is 1.50. The van der Waals surface area contributed by atoms with Gasteiger partial charge in [0.1, 0.15) is 11.5 Å². The zero-order valence-corrected chi connectivity index (χ0v) is 18.1. The SMILES string of the molecule is COc1ccc(S(=O)(=O)NCCCc2cccc(OC(C)C)c2)cc1I. The minimum atomic E-state index is -3.52. The second-order valence-electron chi connectivity index (χ2n) is 6.11. The van der Waals surface area contributed by atoms with Gasteiger partial charge in [-0.1, -0.05) is 12.1 Å².